The second-order valence-corrected chi connectivity index (χ2v) is 10.1. The SMILES string of the molecule is CCCCCCCCC(=O)c1cccc(OC)c1-c1cc2c(C(=O)CCCCCCCC)cccc2o1. The summed E-state index contributed by atoms with van der Waals surface area (Å²) in [5.41, 5.74) is 2.64. The minimum atomic E-state index is 0.101. The monoisotopic (exact) mass is 504 g/mol. The van der Waals surface area contributed by atoms with Crippen molar-refractivity contribution in [1.82, 2.24) is 0 Å². The minimum absolute atomic E-state index is 0.101. The van der Waals surface area contributed by atoms with Crippen LogP contribution in [0.1, 0.15) is 124 Å². The lowest BCUT2D eigenvalue weighted by Gasteiger charge is -2.11. The van der Waals surface area contributed by atoms with Gasteiger partial charge in [-0.1, -0.05) is 102 Å². The van der Waals surface area contributed by atoms with Crippen LogP contribution >= 0.6 is 0 Å². The Hall–Kier alpha value is -2.88. The molecule has 1 aromatic heterocycles. The van der Waals surface area contributed by atoms with Crippen LogP contribution in [0.5, 0.6) is 5.75 Å². The zero-order valence-electron chi connectivity index (χ0n) is 23.1. The molecular weight excluding hydrogens is 460 g/mol. The summed E-state index contributed by atoms with van der Waals surface area (Å²) in [7, 11) is 1.61. The molecule has 0 unspecified atom stereocenters. The van der Waals surface area contributed by atoms with E-state index in [4.69, 9.17) is 9.15 Å². The predicted octanol–water partition coefficient (Wildman–Crippen LogP) is 9.97. The number of ether oxygens (including phenoxy) is 1. The highest BCUT2D eigenvalue weighted by molar-refractivity contribution is 6.09. The van der Waals surface area contributed by atoms with E-state index in [1.54, 1.807) is 7.11 Å². The zero-order chi connectivity index (χ0) is 26.5. The normalized spacial score (nSPS) is 11.2. The van der Waals surface area contributed by atoms with Crippen molar-refractivity contribution >= 4 is 22.5 Å². The first-order valence-corrected chi connectivity index (χ1v) is 14.4. The molecule has 0 radical (unpaired) electrons. The fourth-order valence-corrected chi connectivity index (χ4v) is 5.02. The minimum Gasteiger partial charge on any atom is -0.496 e. The van der Waals surface area contributed by atoms with Gasteiger partial charge in [0, 0.05) is 29.4 Å². The van der Waals surface area contributed by atoms with Gasteiger partial charge in [-0.15, -0.1) is 0 Å². The van der Waals surface area contributed by atoms with Crippen molar-refractivity contribution in [2.45, 2.75) is 104 Å². The molecule has 0 fully saturated rings. The first kappa shape index (κ1) is 28.7. The fourth-order valence-electron chi connectivity index (χ4n) is 5.02. The van der Waals surface area contributed by atoms with Gasteiger partial charge in [-0.2, -0.15) is 0 Å². The summed E-state index contributed by atoms with van der Waals surface area (Å²) in [6, 6.07) is 13.1. The van der Waals surface area contributed by atoms with Gasteiger partial charge in [0.1, 0.15) is 17.1 Å². The number of furan rings is 1. The quantitative estimate of drug-likeness (QED) is 0.128. The van der Waals surface area contributed by atoms with E-state index in [-0.39, 0.29) is 11.6 Å². The summed E-state index contributed by atoms with van der Waals surface area (Å²) in [5, 5.41) is 0.800. The molecule has 4 heteroatoms. The molecule has 200 valence electrons. The van der Waals surface area contributed by atoms with Gasteiger partial charge in [0.15, 0.2) is 11.6 Å². The number of Topliss-reactive ketones (excluding diaryl/α,β-unsaturated/α-hetero) is 2. The summed E-state index contributed by atoms with van der Waals surface area (Å²) in [4.78, 5) is 26.3. The highest BCUT2D eigenvalue weighted by atomic mass is 16.5. The van der Waals surface area contributed by atoms with Crippen molar-refractivity contribution in [3.63, 3.8) is 0 Å². The van der Waals surface area contributed by atoms with Crippen LogP contribution in [0.15, 0.2) is 46.9 Å². The van der Waals surface area contributed by atoms with Gasteiger partial charge in [0.2, 0.25) is 0 Å². The molecule has 0 saturated heterocycles. The predicted molar refractivity (Wildman–Crippen MR) is 153 cm³/mol. The van der Waals surface area contributed by atoms with Gasteiger partial charge in [0.05, 0.1) is 12.7 Å². The van der Waals surface area contributed by atoms with Crippen molar-refractivity contribution in [3.8, 4) is 17.1 Å². The molecule has 0 aliphatic carbocycles. The van der Waals surface area contributed by atoms with Crippen LogP contribution in [0, 0.1) is 0 Å². The maximum Gasteiger partial charge on any atom is 0.163 e. The number of fused-ring (bicyclic) bond motifs is 1. The first-order valence-electron chi connectivity index (χ1n) is 14.4. The third kappa shape index (κ3) is 8.05. The molecule has 3 rings (SSSR count). The molecule has 37 heavy (non-hydrogen) atoms. The standard InChI is InChI=1S/C33H44O4/c1-4-6-8-10-12-14-20-28(34)25-18-16-22-30-27(25)24-32(37-30)33-26(19-17-23-31(33)36-3)29(35)21-15-13-11-9-7-5-2/h16-19,22-24H,4-15,20-21H2,1-3H3. The molecule has 0 amide bonds. The number of hydrogen-bond donors (Lipinski definition) is 0. The van der Waals surface area contributed by atoms with E-state index < -0.39 is 0 Å². The molecule has 0 aliphatic rings. The number of benzene rings is 2. The number of carbonyl (C=O) groups excluding carboxylic acids is 2. The Kier molecular flexibility index (Phi) is 11.9. The van der Waals surface area contributed by atoms with Crippen LogP contribution in [0.3, 0.4) is 0 Å². The summed E-state index contributed by atoms with van der Waals surface area (Å²) in [5.74, 6) is 1.42. The van der Waals surface area contributed by atoms with Crippen LogP contribution in [-0.4, -0.2) is 18.7 Å². The molecule has 0 atom stereocenters. The van der Waals surface area contributed by atoms with E-state index in [9.17, 15) is 9.59 Å². The molecular formula is C33H44O4. The fraction of sp³-hybridized carbons (Fsp3) is 0.515. The van der Waals surface area contributed by atoms with Crippen LogP contribution in [0.4, 0.5) is 0 Å². The highest BCUT2D eigenvalue weighted by Gasteiger charge is 2.22. The van der Waals surface area contributed by atoms with Crippen LogP contribution < -0.4 is 4.74 Å². The van der Waals surface area contributed by atoms with Gasteiger partial charge >= 0.3 is 0 Å². The Morgan fingerprint density at radius 1 is 0.703 bits per heavy atom. The van der Waals surface area contributed by atoms with Crippen molar-refractivity contribution in [2.75, 3.05) is 7.11 Å². The van der Waals surface area contributed by atoms with E-state index in [1.165, 1.54) is 51.4 Å². The second kappa shape index (κ2) is 15.4. The van der Waals surface area contributed by atoms with E-state index in [0.29, 0.717) is 46.6 Å². The molecule has 2 aromatic carbocycles. The number of ketones is 2. The topological polar surface area (TPSA) is 56.5 Å². The lowest BCUT2D eigenvalue weighted by atomic mass is 9.96. The third-order valence-electron chi connectivity index (χ3n) is 7.17. The number of methoxy groups -OCH3 is 1. The van der Waals surface area contributed by atoms with Crippen molar-refractivity contribution in [1.29, 1.82) is 0 Å². The Morgan fingerprint density at radius 3 is 1.86 bits per heavy atom. The maximum atomic E-state index is 13.2. The summed E-state index contributed by atoms with van der Waals surface area (Å²) in [6.45, 7) is 4.42. The van der Waals surface area contributed by atoms with Gasteiger partial charge in [-0.25, -0.2) is 0 Å². The Morgan fingerprint density at radius 2 is 1.24 bits per heavy atom. The maximum absolute atomic E-state index is 13.2. The van der Waals surface area contributed by atoms with Crippen LogP contribution in [0.25, 0.3) is 22.3 Å². The zero-order valence-corrected chi connectivity index (χ0v) is 23.1. The molecule has 1 heterocycles. The van der Waals surface area contributed by atoms with Crippen molar-refractivity contribution < 1.29 is 18.7 Å². The largest absolute Gasteiger partial charge is 0.496 e. The molecule has 0 N–H and O–H groups in total. The van der Waals surface area contributed by atoms with Gasteiger partial charge in [-0.05, 0) is 31.0 Å². The first-order chi connectivity index (χ1) is 18.1. The summed E-state index contributed by atoms with van der Waals surface area (Å²) < 4.78 is 11.9. The number of unbranched alkanes of at least 4 members (excludes halogenated alkanes) is 10. The average molecular weight is 505 g/mol. The third-order valence-corrected chi connectivity index (χ3v) is 7.17. The second-order valence-electron chi connectivity index (χ2n) is 10.1. The average Bonchev–Trinajstić information content (AvgIpc) is 3.36. The highest BCUT2D eigenvalue weighted by Crippen LogP contribution is 2.38. The molecule has 3 aromatic rings. The van der Waals surface area contributed by atoms with Crippen LogP contribution in [0.2, 0.25) is 0 Å². The van der Waals surface area contributed by atoms with Gasteiger partial charge in [0.25, 0.3) is 0 Å². The molecule has 0 saturated carbocycles. The molecule has 4 nitrogen and oxygen atoms in total. The smallest absolute Gasteiger partial charge is 0.163 e. The molecule has 0 bridgehead atoms. The molecule has 0 aliphatic heterocycles. The van der Waals surface area contributed by atoms with Gasteiger partial charge < -0.3 is 9.15 Å². The number of rotatable bonds is 18. The summed E-state index contributed by atoms with van der Waals surface area (Å²) in [6.07, 6.45) is 14.8. The lowest BCUT2D eigenvalue weighted by Crippen LogP contribution is -2.03. The Labute approximate surface area is 222 Å². The van der Waals surface area contributed by atoms with E-state index in [0.717, 1.165) is 31.1 Å². The summed E-state index contributed by atoms with van der Waals surface area (Å²) >= 11 is 0. The van der Waals surface area contributed by atoms with Crippen molar-refractivity contribution in [2.24, 2.45) is 0 Å². The Balaban J connectivity index is 1.79. The van der Waals surface area contributed by atoms with Crippen LogP contribution in [-0.2, 0) is 0 Å². The van der Waals surface area contributed by atoms with E-state index >= 15 is 0 Å². The number of carbonyl (C=O) groups is 2. The molecule has 0 spiro atoms. The number of hydrogen-bond acceptors (Lipinski definition) is 4. The van der Waals surface area contributed by atoms with E-state index in [2.05, 4.69) is 13.8 Å². The lowest BCUT2D eigenvalue weighted by molar-refractivity contribution is 0.0972. The van der Waals surface area contributed by atoms with Gasteiger partial charge in [-0.3, -0.25) is 9.59 Å². The van der Waals surface area contributed by atoms with E-state index in [1.807, 2.05) is 42.5 Å². The Bertz CT molecular complexity index is 1140. The van der Waals surface area contributed by atoms with Crippen molar-refractivity contribution in [3.05, 3.63) is 53.6 Å².